The first kappa shape index (κ1) is 22.0. The summed E-state index contributed by atoms with van der Waals surface area (Å²) < 4.78 is 4.74. The van der Waals surface area contributed by atoms with Crippen molar-refractivity contribution in [3.05, 3.63) is 65.2 Å². The molecule has 1 aliphatic rings. The van der Waals surface area contributed by atoms with Crippen molar-refractivity contribution in [3.63, 3.8) is 0 Å². The summed E-state index contributed by atoms with van der Waals surface area (Å²) in [5.74, 6) is -0.421. The molecule has 1 amide bonds. The Kier molecular flexibility index (Phi) is 6.82. The zero-order chi connectivity index (χ0) is 22.5. The molecule has 0 spiro atoms. The van der Waals surface area contributed by atoms with Crippen LogP contribution in [0.1, 0.15) is 16.1 Å². The van der Waals surface area contributed by atoms with Gasteiger partial charge < -0.3 is 15.0 Å². The highest BCUT2D eigenvalue weighted by molar-refractivity contribution is 7.13. The minimum Gasteiger partial charge on any atom is -0.468 e. The van der Waals surface area contributed by atoms with Gasteiger partial charge in [0, 0.05) is 48.5 Å². The summed E-state index contributed by atoms with van der Waals surface area (Å²) in [5.41, 5.74) is 4.42. The third-order valence-electron chi connectivity index (χ3n) is 5.56. The van der Waals surface area contributed by atoms with Gasteiger partial charge in [0.25, 0.3) is 5.91 Å². The van der Waals surface area contributed by atoms with Crippen LogP contribution in [0.2, 0.25) is 0 Å². The van der Waals surface area contributed by atoms with Crippen LogP contribution < -0.4 is 10.2 Å². The maximum absolute atomic E-state index is 12.7. The third kappa shape index (κ3) is 5.15. The van der Waals surface area contributed by atoms with E-state index in [0.29, 0.717) is 12.2 Å². The normalized spacial score (nSPS) is 14.2. The van der Waals surface area contributed by atoms with Gasteiger partial charge in [-0.15, -0.1) is 11.3 Å². The fourth-order valence-electron chi connectivity index (χ4n) is 3.68. The van der Waals surface area contributed by atoms with Crippen LogP contribution in [0, 0.1) is 6.92 Å². The first-order valence-electron chi connectivity index (χ1n) is 10.5. The van der Waals surface area contributed by atoms with Crippen molar-refractivity contribution < 1.29 is 14.3 Å². The third-order valence-corrected chi connectivity index (χ3v) is 6.43. The molecular formula is C24H26N4O3S. The smallest absolute Gasteiger partial charge is 0.319 e. The standard InChI is InChI=1S/C24H26N4O3S/c1-17-5-3-4-6-20(17)24-26-21(16-32-24)23(30)25-18-7-9-19(10-8-18)28-13-11-27(12-14-28)15-22(29)31-2/h3-10,16H,11-15H2,1-2H3,(H,25,30). The van der Waals surface area contributed by atoms with Crippen LogP contribution in [0.5, 0.6) is 0 Å². The van der Waals surface area contributed by atoms with Crippen molar-refractivity contribution in [3.8, 4) is 10.6 Å². The fraction of sp³-hybridized carbons (Fsp3) is 0.292. The van der Waals surface area contributed by atoms with Crippen LogP contribution in [0.3, 0.4) is 0 Å². The molecule has 1 saturated heterocycles. The average Bonchev–Trinajstić information content (AvgIpc) is 3.31. The lowest BCUT2D eigenvalue weighted by molar-refractivity contribution is -0.142. The molecule has 2 aromatic carbocycles. The molecule has 1 aliphatic heterocycles. The Labute approximate surface area is 191 Å². The fourth-order valence-corrected chi connectivity index (χ4v) is 4.57. The van der Waals surface area contributed by atoms with Crippen molar-refractivity contribution >= 4 is 34.6 Å². The Balaban J connectivity index is 1.34. The second-order valence-electron chi connectivity index (χ2n) is 7.69. The molecule has 8 heteroatoms. The van der Waals surface area contributed by atoms with Crippen LogP contribution in [-0.4, -0.2) is 61.6 Å². The molecule has 0 atom stereocenters. The average molecular weight is 451 g/mol. The van der Waals surface area contributed by atoms with Crippen LogP contribution in [-0.2, 0) is 9.53 Å². The lowest BCUT2D eigenvalue weighted by Crippen LogP contribution is -2.48. The minimum atomic E-state index is -0.217. The van der Waals surface area contributed by atoms with Gasteiger partial charge in [-0.3, -0.25) is 14.5 Å². The lowest BCUT2D eigenvalue weighted by Gasteiger charge is -2.35. The molecule has 32 heavy (non-hydrogen) atoms. The molecule has 0 bridgehead atoms. The van der Waals surface area contributed by atoms with Crippen molar-refractivity contribution in [2.24, 2.45) is 0 Å². The number of benzene rings is 2. The van der Waals surface area contributed by atoms with E-state index in [4.69, 9.17) is 4.74 Å². The second-order valence-corrected chi connectivity index (χ2v) is 8.55. The summed E-state index contributed by atoms with van der Waals surface area (Å²) in [7, 11) is 1.41. The van der Waals surface area contributed by atoms with E-state index in [-0.39, 0.29) is 11.9 Å². The zero-order valence-corrected chi connectivity index (χ0v) is 19.0. The van der Waals surface area contributed by atoms with Gasteiger partial charge in [-0.1, -0.05) is 24.3 Å². The first-order chi connectivity index (χ1) is 15.5. The monoisotopic (exact) mass is 450 g/mol. The number of carbonyl (C=O) groups is 2. The van der Waals surface area contributed by atoms with Gasteiger partial charge in [-0.05, 0) is 36.8 Å². The van der Waals surface area contributed by atoms with E-state index in [1.807, 2.05) is 55.5 Å². The highest BCUT2D eigenvalue weighted by Gasteiger charge is 2.19. The van der Waals surface area contributed by atoms with E-state index >= 15 is 0 Å². The SMILES string of the molecule is COC(=O)CN1CCN(c2ccc(NC(=O)c3csc(-c4ccccc4C)n3)cc2)CC1. The van der Waals surface area contributed by atoms with E-state index < -0.39 is 0 Å². The van der Waals surface area contributed by atoms with Crippen LogP contribution in [0.25, 0.3) is 10.6 Å². The van der Waals surface area contributed by atoms with Gasteiger partial charge in [0.05, 0.1) is 13.7 Å². The number of carbonyl (C=O) groups excluding carboxylic acids is 2. The molecule has 0 aliphatic carbocycles. The summed E-state index contributed by atoms with van der Waals surface area (Å²) in [6.07, 6.45) is 0. The second kappa shape index (κ2) is 9.93. The van der Waals surface area contributed by atoms with E-state index in [1.165, 1.54) is 18.4 Å². The number of nitrogens with one attached hydrogen (secondary N) is 1. The number of esters is 1. The Hall–Kier alpha value is -3.23. The molecule has 7 nitrogen and oxygen atoms in total. The van der Waals surface area contributed by atoms with Crippen LogP contribution in [0.4, 0.5) is 11.4 Å². The summed E-state index contributed by atoms with van der Waals surface area (Å²) in [6, 6.07) is 15.8. The number of methoxy groups -OCH3 is 1. The van der Waals surface area contributed by atoms with Gasteiger partial charge in [-0.2, -0.15) is 0 Å². The Morgan fingerprint density at radius 3 is 2.47 bits per heavy atom. The molecule has 1 fully saturated rings. The minimum absolute atomic E-state index is 0.204. The molecule has 0 saturated carbocycles. The molecule has 3 aromatic rings. The van der Waals surface area contributed by atoms with E-state index in [0.717, 1.165) is 53.7 Å². The van der Waals surface area contributed by atoms with Gasteiger partial charge in [0.15, 0.2) is 0 Å². The summed E-state index contributed by atoms with van der Waals surface area (Å²) in [4.78, 5) is 33.0. The molecule has 0 unspecified atom stereocenters. The van der Waals surface area contributed by atoms with Gasteiger partial charge in [0.2, 0.25) is 0 Å². The number of hydrogen-bond acceptors (Lipinski definition) is 7. The predicted molar refractivity (Wildman–Crippen MR) is 127 cm³/mol. The molecule has 1 aromatic heterocycles. The summed E-state index contributed by atoms with van der Waals surface area (Å²) in [6.45, 7) is 5.65. The molecule has 4 rings (SSSR count). The van der Waals surface area contributed by atoms with Crippen molar-refractivity contribution in [1.82, 2.24) is 9.88 Å². The predicted octanol–water partition coefficient (Wildman–Crippen LogP) is 3.67. The topological polar surface area (TPSA) is 74.8 Å². The summed E-state index contributed by atoms with van der Waals surface area (Å²) in [5, 5.41) is 5.56. The van der Waals surface area contributed by atoms with Crippen molar-refractivity contribution in [1.29, 1.82) is 0 Å². The number of thiazole rings is 1. The first-order valence-corrected chi connectivity index (χ1v) is 11.4. The van der Waals surface area contributed by atoms with E-state index in [1.54, 1.807) is 5.38 Å². The maximum Gasteiger partial charge on any atom is 0.319 e. The number of anilines is 2. The van der Waals surface area contributed by atoms with Crippen LogP contribution in [0.15, 0.2) is 53.9 Å². The number of ether oxygens (including phenoxy) is 1. The number of amides is 1. The van der Waals surface area contributed by atoms with Crippen molar-refractivity contribution in [2.75, 3.05) is 50.1 Å². The summed E-state index contributed by atoms with van der Waals surface area (Å²) >= 11 is 1.47. The highest BCUT2D eigenvalue weighted by atomic mass is 32.1. The highest BCUT2D eigenvalue weighted by Crippen LogP contribution is 2.27. The quantitative estimate of drug-likeness (QED) is 0.578. The van der Waals surface area contributed by atoms with Gasteiger partial charge >= 0.3 is 5.97 Å². The van der Waals surface area contributed by atoms with Crippen LogP contribution >= 0.6 is 11.3 Å². The number of hydrogen-bond donors (Lipinski definition) is 1. The van der Waals surface area contributed by atoms with Crippen molar-refractivity contribution in [2.45, 2.75) is 6.92 Å². The molecule has 2 heterocycles. The Morgan fingerprint density at radius 2 is 1.78 bits per heavy atom. The molecule has 0 radical (unpaired) electrons. The number of aromatic nitrogens is 1. The maximum atomic E-state index is 12.7. The van der Waals surface area contributed by atoms with E-state index in [9.17, 15) is 9.59 Å². The Bertz CT molecular complexity index is 1090. The molecule has 166 valence electrons. The molecular weight excluding hydrogens is 424 g/mol. The number of aryl methyl sites for hydroxylation is 1. The number of piperazine rings is 1. The largest absolute Gasteiger partial charge is 0.468 e. The zero-order valence-electron chi connectivity index (χ0n) is 18.2. The molecule has 1 N–H and O–H groups in total. The van der Waals surface area contributed by atoms with Gasteiger partial charge in [-0.25, -0.2) is 4.98 Å². The lowest BCUT2D eigenvalue weighted by atomic mass is 10.1. The van der Waals surface area contributed by atoms with Gasteiger partial charge in [0.1, 0.15) is 10.7 Å². The number of nitrogens with zero attached hydrogens (tertiary/aromatic N) is 3. The number of rotatable bonds is 6. The van der Waals surface area contributed by atoms with E-state index in [2.05, 4.69) is 20.1 Å². The Morgan fingerprint density at radius 1 is 1.06 bits per heavy atom.